The molecule has 5 nitrogen and oxygen atoms in total. The Balaban J connectivity index is 3.23. The molecule has 2 atom stereocenters. The summed E-state index contributed by atoms with van der Waals surface area (Å²) < 4.78 is 4.74. The van der Waals surface area contributed by atoms with E-state index in [0.717, 1.165) is 6.42 Å². The maximum Gasteiger partial charge on any atom is 0.316 e. The molecule has 0 aromatic heterocycles. The SMILES string of the molecule is CCC(C)N=CC1=C(O)C(C(=O)OC)C(C)(C)CC1=O. The Hall–Kier alpha value is -1.65. The molecule has 5 heteroatoms. The fraction of sp³-hybridized carbons (Fsp3) is 0.667. The van der Waals surface area contributed by atoms with Crippen LogP contribution in [0.15, 0.2) is 16.3 Å². The van der Waals surface area contributed by atoms with Gasteiger partial charge in [-0.05, 0) is 18.8 Å². The number of ether oxygens (including phenoxy) is 1. The predicted octanol–water partition coefficient (Wildman–Crippen LogP) is 2.46. The minimum atomic E-state index is -0.830. The number of esters is 1. The Morgan fingerprint density at radius 2 is 2.20 bits per heavy atom. The number of aliphatic hydroxyl groups excluding tert-OH is 1. The summed E-state index contributed by atoms with van der Waals surface area (Å²) in [4.78, 5) is 28.2. The minimum absolute atomic E-state index is 0.0645. The third kappa shape index (κ3) is 3.26. The first kappa shape index (κ1) is 16.4. The Labute approximate surface area is 119 Å². The molecular formula is C15H23NO4. The maximum absolute atomic E-state index is 12.1. The molecule has 1 aliphatic carbocycles. The van der Waals surface area contributed by atoms with Crippen LogP contribution in [0.3, 0.4) is 0 Å². The van der Waals surface area contributed by atoms with Gasteiger partial charge in [0.25, 0.3) is 0 Å². The zero-order chi connectivity index (χ0) is 15.5. The number of hydrogen-bond donors (Lipinski definition) is 1. The molecule has 2 unspecified atom stereocenters. The topological polar surface area (TPSA) is 76.0 Å². The summed E-state index contributed by atoms with van der Waals surface area (Å²) in [5.74, 6) is -1.79. The number of allylic oxidation sites excluding steroid dienone is 1. The van der Waals surface area contributed by atoms with Crippen LogP contribution in [0.4, 0.5) is 0 Å². The molecule has 20 heavy (non-hydrogen) atoms. The van der Waals surface area contributed by atoms with Gasteiger partial charge in [-0.1, -0.05) is 20.8 Å². The molecule has 0 aromatic rings. The molecule has 0 aliphatic heterocycles. The lowest BCUT2D eigenvalue weighted by Gasteiger charge is -2.35. The van der Waals surface area contributed by atoms with Crippen LogP contribution in [-0.4, -0.2) is 36.2 Å². The fourth-order valence-corrected chi connectivity index (χ4v) is 2.27. The van der Waals surface area contributed by atoms with E-state index < -0.39 is 17.3 Å². The molecule has 0 heterocycles. The van der Waals surface area contributed by atoms with Crippen LogP contribution in [0.1, 0.15) is 40.5 Å². The summed E-state index contributed by atoms with van der Waals surface area (Å²) in [6, 6.07) is 0.0645. The molecule has 0 bridgehead atoms. The van der Waals surface area contributed by atoms with Crippen LogP contribution < -0.4 is 0 Å². The van der Waals surface area contributed by atoms with Crippen molar-refractivity contribution in [3.8, 4) is 0 Å². The number of methoxy groups -OCH3 is 1. The molecule has 0 spiro atoms. The van der Waals surface area contributed by atoms with Crippen molar-refractivity contribution in [2.24, 2.45) is 16.3 Å². The van der Waals surface area contributed by atoms with E-state index in [1.807, 2.05) is 13.8 Å². The fourth-order valence-electron chi connectivity index (χ4n) is 2.27. The van der Waals surface area contributed by atoms with Crippen LogP contribution in [0.2, 0.25) is 0 Å². The first-order valence-electron chi connectivity index (χ1n) is 6.82. The van der Waals surface area contributed by atoms with Crippen LogP contribution in [0.25, 0.3) is 0 Å². The maximum atomic E-state index is 12.1. The normalized spacial score (nSPS) is 24.1. The van der Waals surface area contributed by atoms with E-state index in [-0.39, 0.29) is 29.6 Å². The first-order valence-corrected chi connectivity index (χ1v) is 6.82. The lowest BCUT2D eigenvalue weighted by atomic mass is 9.68. The van der Waals surface area contributed by atoms with Crippen molar-refractivity contribution >= 4 is 18.0 Å². The van der Waals surface area contributed by atoms with E-state index in [2.05, 4.69) is 4.99 Å². The van der Waals surface area contributed by atoms with Crippen molar-refractivity contribution in [1.82, 2.24) is 0 Å². The highest BCUT2D eigenvalue weighted by molar-refractivity contribution is 6.15. The van der Waals surface area contributed by atoms with E-state index in [9.17, 15) is 14.7 Å². The summed E-state index contributed by atoms with van der Waals surface area (Å²) >= 11 is 0. The van der Waals surface area contributed by atoms with Gasteiger partial charge in [0.15, 0.2) is 5.78 Å². The second-order valence-corrected chi connectivity index (χ2v) is 5.88. The zero-order valence-electron chi connectivity index (χ0n) is 12.8. The number of rotatable bonds is 4. The lowest BCUT2D eigenvalue weighted by molar-refractivity contribution is -0.150. The van der Waals surface area contributed by atoms with Gasteiger partial charge in [-0.2, -0.15) is 0 Å². The Bertz CT molecular complexity index is 462. The van der Waals surface area contributed by atoms with Gasteiger partial charge in [-0.3, -0.25) is 14.6 Å². The Kier molecular flexibility index (Phi) is 5.09. The monoisotopic (exact) mass is 281 g/mol. The van der Waals surface area contributed by atoms with E-state index in [1.54, 1.807) is 13.8 Å². The number of Topliss-reactive ketones (excluding diaryl/α,β-unsaturated/α-hetero) is 1. The molecule has 0 fully saturated rings. The first-order chi connectivity index (χ1) is 9.24. The third-order valence-electron chi connectivity index (χ3n) is 3.73. The average Bonchev–Trinajstić information content (AvgIpc) is 2.36. The molecule has 0 saturated carbocycles. The second kappa shape index (κ2) is 6.20. The summed E-state index contributed by atoms with van der Waals surface area (Å²) in [5.41, 5.74) is -0.540. The molecule has 0 aromatic carbocycles. The highest BCUT2D eigenvalue weighted by Gasteiger charge is 2.46. The highest BCUT2D eigenvalue weighted by atomic mass is 16.5. The van der Waals surface area contributed by atoms with Crippen molar-refractivity contribution in [3.05, 3.63) is 11.3 Å². The number of carbonyl (C=O) groups is 2. The molecule has 0 saturated heterocycles. The standard InChI is InChI=1S/C15H23NO4/c1-6-9(2)16-8-10-11(17)7-15(3,4)12(13(10)18)14(19)20-5/h8-9,12,18H,6-7H2,1-5H3. The molecule has 0 radical (unpaired) electrons. The molecule has 1 N–H and O–H groups in total. The van der Waals surface area contributed by atoms with E-state index >= 15 is 0 Å². The lowest BCUT2D eigenvalue weighted by Crippen LogP contribution is -2.40. The van der Waals surface area contributed by atoms with Gasteiger partial charge in [0.1, 0.15) is 11.7 Å². The van der Waals surface area contributed by atoms with Gasteiger partial charge in [0.2, 0.25) is 0 Å². The van der Waals surface area contributed by atoms with Crippen LogP contribution in [0, 0.1) is 11.3 Å². The number of ketones is 1. The molecule has 1 rings (SSSR count). The van der Waals surface area contributed by atoms with Crippen molar-refractivity contribution in [3.63, 3.8) is 0 Å². The number of aliphatic hydroxyl groups is 1. The van der Waals surface area contributed by atoms with Crippen LogP contribution >= 0.6 is 0 Å². The number of hydrogen-bond acceptors (Lipinski definition) is 5. The van der Waals surface area contributed by atoms with Crippen LogP contribution in [0.5, 0.6) is 0 Å². The second-order valence-electron chi connectivity index (χ2n) is 5.88. The zero-order valence-corrected chi connectivity index (χ0v) is 12.8. The van der Waals surface area contributed by atoms with E-state index in [4.69, 9.17) is 4.74 Å². The molecule has 1 aliphatic rings. The Morgan fingerprint density at radius 3 is 2.70 bits per heavy atom. The third-order valence-corrected chi connectivity index (χ3v) is 3.73. The van der Waals surface area contributed by atoms with Crippen molar-refractivity contribution in [2.45, 2.75) is 46.6 Å². The van der Waals surface area contributed by atoms with Gasteiger partial charge in [-0.15, -0.1) is 0 Å². The van der Waals surface area contributed by atoms with Crippen molar-refractivity contribution < 1.29 is 19.4 Å². The van der Waals surface area contributed by atoms with Gasteiger partial charge in [0, 0.05) is 18.7 Å². The predicted molar refractivity (Wildman–Crippen MR) is 76.8 cm³/mol. The molecule has 112 valence electrons. The quantitative estimate of drug-likeness (QED) is 0.634. The number of carbonyl (C=O) groups excluding carboxylic acids is 2. The van der Waals surface area contributed by atoms with Gasteiger partial charge >= 0.3 is 5.97 Å². The number of aliphatic imine (C=N–C) groups is 1. The largest absolute Gasteiger partial charge is 0.511 e. The van der Waals surface area contributed by atoms with Gasteiger partial charge < -0.3 is 9.84 Å². The summed E-state index contributed by atoms with van der Waals surface area (Å²) in [6.07, 6.45) is 2.40. The summed E-state index contributed by atoms with van der Waals surface area (Å²) in [6.45, 7) is 7.44. The average molecular weight is 281 g/mol. The number of nitrogens with zero attached hydrogens (tertiary/aromatic N) is 1. The van der Waals surface area contributed by atoms with Crippen molar-refractivity contribution in [1.29, 1.82) is 0 Å². The van der Waals surface area contributed by atoms with E-state index in [0.29, 0.717) is 0 Å². The summed E-state index contributed by atoms with van der Waals surface area (Å²) in [7, 11) is 1.27. The highest BCUT2D eigenvalue weighted by Crippen LogP contribution is 2.41. The van der Waals surface area contributed by atoms with Crippen molar-refractivity contribution in [2.75, 3.05) is 7.11 Å². The smallest absolute Gasteiger partial charge is 0.316 e. The van der Waals surface area contributed by atoms with E-state index in [1.165, 1.54) is 13.3 Å². The van der Waals surface area contributed by atoms with Gasteiger partial charge in [0.05, 0.1) is 12.7 Å². The van der Waals surface area contributed by atoms with Crippen LogP contribution in [-0.2, 0) is 14.3 Å². The minimum Gasteiger partial charge on any atom is -0.511 e. The molecular weight excluding hydrogens is 258 g/mol. The summed E-state index contributed by atoms with van der Waals surface area (Å²) in [5, 5.41) is 10.3. The Morgan fingerprint density at radius 1 is 1.60 bits per heavy atom. The van der Waals surface area contributed by atoms with Gasteiger partial charge in [-0.25, -0.2) is 0 Å². The molecule has 0 amide bonds.